The number of pyridine rings is 2. The molecular formula is C39H40N4O9. The Morgan fingerprint density at radius 1 is 0.788 bits per heavy atom. The van der Waals surface area contributed by atoms with Crippen LogP contribution in [0.3, 0.4) is 0 Å². The molecule has 4 heterocycles. The lowest BCUT2D eigenvalue weighted by molar-refractivity contribution is -0.125. The predicted octanol–water partition coefficient (Wildman–Crippen LogP) is 4.70. The van der Waals surface area contributed by atoms with Gasteiger partial charge in [-0.2, -0.15) is 0 Å². The fourth-order valence-corrected chi connectivity index (χ4v) is 5.72. The fraction of sp³-hybridized carbons (Fsp3) is 0.308. The quantitative estimate of drug-likeness (QED) is 0.113. The van der Waals surface area contributed by atoms with E-state index in [9.17, 15) is 14.4 Å². The Labute approximate surface area is 301 Å². The zero-order valence-electron chi connectivity index (χ0n) is 28.9. The van der Waals surface area contributed by atoms with Crippen molar-refractivity contribution in [1.82, 2.24) is 20.2 Å². The lowest BCUT2D eigenvalue weighted by atomic mass is 10.0. The third-order valence-electron chi connectivity index (χ3n) is 8.36. The van der Waals surface area contributed by atoms with Crippen LogP contribution < -0.4 is 19.5 Å². The van der Waals surface area contributed by atoms with Crippen molar-refractivity contribution >= 4 is 40.8 Å². The molecule has 4 aromatic rings. The second-order valence-corrected chi connectivity index (χ2v) is 11.9. The van der Waals surface area contributed by atoms with Crippen LogP contribution in [0.2, 0.25) is 0 Å². The number of amides is 3. The van der Waals surface area contributed by atoms with Gasteiger partial charge in [0.2, 0.25) is 11.8 Å². The van der Waals surface area contributed by atoms with Gasteiger partial charge in [-0.3, -0.25) is 19.3 Å². The molecule has 13 nitrogen and oxygen atoms in total. The fourth-order valence-electron chi connectivity index (χ4n) is 5.72. The second kappa shape index (κ2) is 17.5. The number of aromatic nitrogens is 2. The van der Waals surface area contributed by atoms with Crippen molar-refractivity contribution in [2.24, 2.45) is 0 Å². The van der Waals surface area contributed by atoms with Crippen LogP contribution in [0.5, 0.6) is 17.4 Å². The van der Waals surface area contributed by atoms with E-state index in [1.54, 1.807) is 25.4 Å². The number of carbonyl (C=O) groups excluding carboxylic acids is 3. The lowest BCUT2D eigenvalue weighted by Gasteiger charge is -2.29. The van der Waals surface area contributed by atoms with Crippen LogP contribution >= 0.6 is 0 Å². The van der Waals surface area contributed by atoms with E-state index in [1.807, 2.05) is 54.6 Å². The summed E-state index contributed by atoms with van der Waals surface area (Å²) in [6.07, 6.45) is 6.48. The summed E-state index contributed by atoms with van der Waals surface area (Å²) in [5, 5.41) is 3.60. The molecule has 1 saturated heterocycles. The van der Waals surface area contributed by atoms with E-state index in [2.05, 4.69) is 16.9 Å². The molecule has 6 rings (SSSR count). The molecular weight excluding hydrogens is 668 g/mol. The monoisotopic (exact) mass is 708 g/mol. The van der Waals surface area contributed by atoms with Crippen LogP contribution in [0.4, 0.5) is 0 Å². The van der Waals surface area contributed by atoms with Gasteiger partial charge in [-0.25, -0.2) is 9.97 Å². The number of rotatable bonds is 18. The van der Waals surface area contributed by atoms with Gasteiger partial charge in [0.15, 0.2) is 0 Å². The van der Waals surface area contributed by atoms with Crippen molar-refractivity contribution in [3.63, 3.8) is 0 Å². The first-order valence-corrected chi connectivity index (χ1v) is 17.0. The summed E-state index contributed by atoms with van der Waals surface area (Å²) in [7, 11) is 1.59. The zero-order valence-corrected chi connectivity index (χ0v) is 28.9. The Bertz CT molecular complexity index is 1960. The number of piperidine rings is 1. The van der Waals surface area contributed by atoms with Gasteiger partial charge >= 0.3 is 0 Å². The first-order chi connectivity index (χ1) is 25.4. The number of nitrogens with one attached hydrogen (secondary N) is 1. The van der Waals surface area contributed by atoms with Crippen LogP contribution in [0.15, 0.2) is 79.1 Å². The molecule has 52 heavy (non-hydrogen) atoms. The van der Waals surface area contributed by atoms with E-state index < -0.39 is 23.8 Å². The van der Waals surface area contributed by atoms with Gasteiger partial charge in [0.05, 0.1) is 69.1 Å². The third kappa shape index (κ3) is 9.18. The summed E-state index contributed by atoms with van der Waals surface area (Å²) in [4.78, 5) is 48.1. The molecule has 0 aliphatic carbocycles. The number of ether oxygens (including phenoxy) is 6. The highest BCUT2D eigenvalue weighted by atomic mass is 16.6. The average molecular weight is 709 g/mol. The van der Waals surface area contributed by atoms with E-state index >= 15 is 0 Å². The van der Waals surface area contributed by atoms with Crippen molar-refractivity contribution in [3.8, 4) is 17.4 Å². The molecule has 1 fully saturated rings. The summed E-state index contributed by atoms with van der Waals surface area (Å²) in [5.41, 5.74) is 3.74. The number of imide groups is 1. The molecule has 2 aliphatic heterocycles. The Morgan fingerprint density at radius 2 is 1.46 bits per heavy atom. The molecule has 1 atom stereocenters. The average Bonchev–Trinajstić information content (AvgIpc) is 3.40. The first kappa shape index (κ1) is 36.2. The summed E-state index contributed by atoms with van der Waals surface area (Å²) >= 11 is 0. The molecule has 2 aliphatic rings. The molecule has 0 bridgehead atoms. The maximum absolute atomic E-state index is 13.0. The number of hydrogen-bond donors (Lipinski definition) is 1. The molecule has 2 aromatic carbocycles. The topological polar surface area (TPSA) is 148 Å². The molecule has 1 N–H and O–H groups in total. The van der Waals surface area contributed by atoms with Gasteiger partial charge in [0.25, 0.3) is 11.8 Å². The van der Waals surface area contributed by atoms with Crippen molar-refractivity contribution in [3.05, 3.63) is 102 Å². The minimum absolute atomic E-state index is 0.220. The van der Waals surface area contributed by atoms with Crippen molar-refractivity contribution in [2.45, 2.75) is 18.9 Å². The van der Waals surface area contributed by atoms with Gasteiger partial charge in [-0.05, 0) is 73.0 Å². The van der Waals surface area contributed by atoms with Crippen molar-refractivity contribution in [1.29, 1.82) is 0 Å². The van der Waals surface area contributed by atoms with E-state index in [0.29, 0.717) is 76.4 Å². The van der Waals surface area contributed by atoms with Crippen LogP contribution in [0, 0.1) is 0 Å². The molecule has 3 amide bonds. The number of fused-ring (bicyclic) bond motifs is 2. The highest BCUT2D eigenvalue weighted by Gasteiger charge is 2.44. The molecule has 0 radical (unpaired) electrons. The van der Waals surface area contributed by atoms with E-state index in [4.69, 9.17) is 33.4 Å². The number of hydrogen-bond acceptors (Lipinski definition) is 11. The van der Waals surface area contributed by atoms with Crippen LogP contribution in [-0.2, 0) is 19.0 Å². The lowest BCUT2D eigenvalue weighted by Crippen LogP contribution is -2.51. The molecule has 0 spiro atoms. The summed E-state index contributed by atoms with van der Waals surface area (Å²) in [6, 6.07) is 17.4. The van der Waals surface area contributed by atoms with Gasteiger partial charge in [-0.15, -0.1) is 0 Å². The summed E-state index contributed by atoms with van der Waals surface area (Å²) in [5.74, 6) is 0.350. The standard InChI is InChI=1S/C39H40N4O9/c1-26-3-12-35(37(44)41-26)43-38(45)32-10-8-31(25-33(32)39(43)46)52-22-20-50-18-16-48-15-17-49-19-21-51-30-9-11-34-28(24-30)5-7-29(42-34)6-4-27-13-14-40-36(23-27)47-2/h4-11,13-14,23-25,35H,1,3,12,15-22H2,2H3,(H,41,44)/b6-4+. The van der Waals surface area contributed by atoms with Crippen LogP contribution in [0.25, 0.3) is 23.1 Å². The van der Waals surface area contributed by atoms with Gasteiger partial charge in [-0.1, -0.05) is 18.7 Å². The minimum Gasteiger partial charge on any atom is -0.491 e. The highest BCUT2D eigenvalue weighted by molar-refractivity contribution is 6.23. The summed E-state index contributed by atoms with van der Waals surface area (Å²) in [6.45, 7) is 6.74. The normalized spacial score (nSPS) is 15.7. The number of carbonyl (C=O) groups is 3. The SMILES string of the molecule is C=C1CCC(N2C(=O)c3ccc(OCCOCCOCCOCCOc4ccc5nc(/C=C/c6ccnc(OC)c6)ccc5c4)cc3C2=O)C(=O)N1. The van der Waals surface area contributed by atoms with E-state index in [0.717, 1.165) is 32.8 Å². The molecule has 13 heteroatoms. The maximum Gasteiger partial charge on any atom is 0.262 e. The maximum atomic E-state index is 13.0. The highest BCUT2D eigenvalue weighted by Crippen LogP contribution is 2.31. The van der Waals surface area contributed by atoms with E-state index in [1.165, 1.54) is 6.07 Å². The van der Waals surface area contributed by atoms with E-state index in [-0.39, 0.29) is 17.7 Å². The van der Waals surface area contributed by atoms with Gasteiger partial charge in [0, 0.05) is 23.3 Å². The molecule has 2 aromatic heterocycles. The van der Waals surface area contributed by atoms with Crippen molar-refractivity contribution in [2.75, 3.05) is 60.0 Å². The summed E-state index contributed by atoms with van der Waals surface area (Å²) < 4.78 is 33.5. The van der Waals surface area contributed by atoms with Crippen LogP contribution in [0.1, 0.15) is 44.8 Å². The molecule has 0 saturated carbocycles. The Morgan fingerprint density at radius 3 is 2.17 bits per heavy atom. The second-order valence-electron chi connectivity index (χ2n) is 11.9. The van der Waals surface area contributed by atoms with Gasteiger partial charge in [0.1, 0.15) is 30.8 Å². The first-order valence-electron chi connectivity index (χ1n) is 17.0. The molecule has 1 unspecified atom stereocenters. The Balaban J connectivity index is 0.804. The Kier molecular flexibility index (Phi) is 12.2. The number of allylic oxidation sites excluding steroid dienone is 1. The molecule has 270 valence electrons. The Hall–Kier alpha value is -5.63. The van der Waals surface area contributed by atoms with Gasteiger partial charge < -0.3 is 33.7 Å². The largest absolute Gasteiger partial charge is 0.491 e. The number of benzene rings is 2. The van der Waals surface area contributed by atoms with Crippen LogP contribution in [-0.4, -0.2) is 98.6 Å². The number of methoxy groups -OCH3 is 1. The number of nitrogens with zero attached hydrogens (tertiary/aromatic N) is 3. The zero-order chi connectivity index (χ0) is 36.3. The minimum atomic E-state index is -0.854. The predicted molar refractivity (Wildman–Crippen MR) is 192 cm³/mol. The third-order valence-corrected chi connectivity index (χ3v) is 8.36. The smallest absolute Gasteiger partial charge is 0.262 e. The van der Waals surface area contributed by atoms with Crippen molar-refractivity contribution < 1.29 is 42.8 Å².